The van der Waals surface area contributed by atoms with E-state index in [2.05, 4.69) is 4.98 Å². The molecule has 0 radical (unpaired) electrons. The zero-order valence-electron chi connectivity index (χ0n) is 13.0. The minimum atomic E-state index is -0.598. The number of thiazole rings is 1. The number of carbonyl (C=O) groups is 1. The molecule has 0 saturated heterocycles. The summed E-state index contributed by atoms with van der Waals surface area (Å²) in [5, 5.41) is 12.4. The van der Waals surface area contributed by atoms with E-state index in [-0.39, 0.29) is 12.5 Å². The van der Waals surface area contributed by atoms with Crippen molar-refractivity contribution >= 4 is 17.2 Å². The van der Waals surface area contributed by atoms with Gasteiger partial charge in [0, 0.05) is 31.2 Å². The second kappa shape index (κ2) is 5.61. The van der Waals surface area contributed by atoms with E-state index in [9.17, 15) is 9.90 Å². The molecule has 2 aromatic rings. The maximum absolute atomic E-state index is 12.6. The molecule has 0 aromatic carbocycles. The molecule has 0 aliphatic carbocycles. The SMILES string of the molecule is Cc1nc(-c2cc(C(=O)N(C)C(C)(C)CO)n(C)c2)cs1. The van der Waals surface area contributed by atoms with Crippen LogP contribution in [0.1, 0.15) is 29.3 Å². The summed E-state index contributed by atoms with van der Waals surface area (Å²) in [4.78, 5) is 18.6. The molecule has 5 nitrogen and oxygen atoms in total. The molecule has 0 spiro atoms. The third kappa shape index (κ3) is 3.01. The third-order valence-corrected chi connectivity index (χ3v) is 4.51. The fraction of sp³-hybridized carbons (Fsp3) is 0.467. The Hall–Kier alpha value is -1.66. The second-order valence-corrected chi connectivity index (χ2v) is 6.87. The standard InChI is InChI=1S/C15H21N3O2S/c1-10-16-12(8-21-10)11-6-13(17(4)7-11)14(20)18(5)15(2,3)9-19/h6-8,19H,9H2,1-5H3. The van der Waals surface area contributed by atoms with Gasteiger partial charge in [0.05, 0.1) is 22.8 Å². The van der Waals surface area contributed by atoms with Gasteiger partial charge in [0.1, 0.15) is 5.69 Å². The van der Waals surface area contributed by atoms with Gasteiger partial charge < -0.3 is 14.6 Å². The highest BCUT2D eigenvalue weighted by atomic mass is 32.1. The number of aliphatic hydroxyl groups excluding tert-OH is 1. The first-order valence-corrected chi connectivity index (χ1v) is 7.62. The molecule has 2 rings (SSSR count). The van der Waals surface area contributed by atoms with E-state index in [1.165, 1.54) is 0 Å². The molecule has 2 aromatic heterocycles. The molecular formula is C15H21N3O2S. The van der Waals surface area contributed by atoms with Gasteiger partial charge in [-0.3, -0.25) is 4.79 Å². The summed E-state index contributed by atoms with van der Waals surface area (Å²) in [6, 6.07) is 1.85. The summed E-state index contributed by atoms with van der Waals surface area (Å²) in [7, 11) is 3.55. The molecule has 1 N–H and O–H groups in total. The normalized spacial score (nSPS) is 11.7. The Labute approximate surface area is 128 Å². The van der Waals surface area contributed by atoms with Crippen LogP contribution in [0, 0.1) is 6.92 Å². The molecule has 0 atom stereocenters. The summed E-state index contributed by atoms with van der Waals surface area (Å²) < 4.78 is 1.80. The fourth-order valence-electron chi connectivity index (χ4n) is 1.97. The van der Waals surface area contributed by atoms with Crippen LogP contribution < -0.4 is 0 Å². The summed E-state index contributed by atoms with van der Waals surface area (Å²) >= 11 is 1.59. The molecule has 0 fully saturated rings. The number of aryl methyl sites for hydroxylation is 2. The van der Waals surface area contributed by atoms with Gasteiger partial charge in [0.2, 0.25) is 0 Å². The number of aliphatic hydroxyl groups is 1. The molecule has 1 amide bonds. The first-order valence-electron chi connectivity index (χ1n) is 6.74. The number of carbonyl (C=O) groups excluding carboxylic acids is 1. The molecule has 0 bridgehead atoms. The van der Waals surface area contributed by atoms with Crippen LogP contribution in [-0.2, 0) is 7.05 Å². The van der Waals surface area contributed by atoms with E-state index < -0.39 is 5.54 Å². The lowest BCUT2D eigenvalue weighted by Crippen LogP contribution is -2.48. The van der Waals surface area contributed by atoms with Crippen molar-refractivity contribution in [3.8, 4) is 11.3 Å². The van der Waals surface area contributed by atoms with Crippen molar-refractivity contribution in [1.29, 1.82) is 0 Å². The zero-order valence-corrected chi connectivity index (χ0v) is 13.9. The van der Waals surface area contributed by atoms with Crippen LogP contribution in [0.15, 0.2) is 17.6 Å². The van der Waals surface area contributed by atoms with E-state index in [1.54, 1.807) is 27.9 Å². The van der Waals surface area contributed by atoms with Crippen LogP contribution in [0.5, 0.6) is 0 Å². The first-order chi connectivity index (χ1) is 9.76. The topological polar surface area (TPSA) is 58.4 Å². The van der Waals surface area contributed by atoms with E-state index in [0.717, 1.165) is 16.3 Å². The third-order valence-electron chi connectivity index (χ3n) is 3.74. The van der Waals surface area contributed by atoms with Gasteiger partial charge in [-0.25, -0.2) is 4.98 Å². The van der Waals surface area contributed by atoms with E-state index >= 15 is 0 Å². The largest absolute Gasteiger partial charge is 0.394 e. The van der Waals surface area contributed by atoms with Gasteiger partial charge in [0.15, 0.2) is 0 Å². The van der Waals surface area contributed by atoms with Gasteiger partial charge in [-0.15, -0.1) is 11.3 Å². The van der Waals surface area contributed by atoms with E-state index in [1.807, 2.05) is 45.5 Å². The smallest absolute Gasteiger partial charge is 0.270 e. The number of likely N-dealkylation sites (N-methyl/N-ethyl adjacent to an activating group) is 1. The van der Waals surface area contributed by atoms with E-state index in [4.69, 9.17) is 0 Å². The molecule has 0 unspecified atom stereocenters. The molecule has 21 heavy (non-hydrogen) atoms. The van der Waals surface area contributed by atoms with Crippen LogP contribution in [0.2, 0.25) is 0 Å². The molecule has 114 valence electrons. The van der Waals surface area contributed by atoms with Crippen LogP contribution in [-0.4, -0.2) is 44.7 Å². The summed E-state index contributed by atoms with van der Waals surface area (Å²) in [6.07, 6.45) is 1.90. The predicted molar refractivity (Wildman–Crippen MR) is 84.5 cm³/mol. The van der Waals surface area contributed by atoms with Gasteiger partial charge in [-0.1, -0.05) is 0 Å². The van der Waals surface area contributed by atoms with Gasteiger partial charge in [-0.2, -0.15) is 0 Å². The Morgan fingerprint density at radius 1 is 1.52 bits per heavy atom. The van der Waals surface area contributed by atoms with E-state index in [0.29, 0.717) is 5.69 Å². The highest BCUT2D eigenvalue weighted by Gasteiger charge is 2.29. The van der Waals surface area contributed by atoms with Crippen molar-refractivity contribution in [2.75, 3.05) is 13.7 Å². The lowest BCUT2D eigenvalue weighted by molar-refractivity contribution is 0.0464. The number of aromatic nitrogens is 2. The Morgan fingerprint density at radius 2 is 2.19 bits per heavy atom. The van der Waals surface area contributed by atoms with Crippen molar-refractivity contribution in [3.63, 3.8) is 0 Å². The van der Waals surface area contributed by atoms with Crippen LogP contribution in [0.3, 0.4) is 0 Å². The number of amides is 1. The molecule has 0 aliphatic heterocycles. The summed E-state index contributed by atoms with van der Waals surface area (Å²) in [5.74, 6) is -0.116. The number of hydrogen-bond acceptors (Lipinski definition) is 4. The number of nitrogens with zero attached hydrogens (tertiary/aromatic N) is 3. The van der Waals surface area contributed by atoms with Crippen molar-refractivity contribution < 1.29 is 9.90 Å². The monoisotopic (exact) mass is 307 g/mol. The van der Waals surface area contributed by atoms with Gasteiger partial charge >= 0.3 is 0 Å². The maximum atomic E-state index is 12.6. The Balaban J connectivity index is 2.33. The Kier molecular flexibility index (Phi) is 4.20. The van der Waals surface area contributed by atoms with Crippen molar-refractivity contribution in [2.45, 2.75) is 26.3 Å². The average Bonchev–Trinajstić information content (AvgIpc) is 3.03. The first kappa shape index (κ1) is 15.7. The van der Waals surface area contributed by atoms with Crippen molar-refractivity contribution in [2.24, 2.45) is 7.05 Å². The number of hydrogen-bond donors (Lipinski definition) is 1. The minimum Gasteiger partial charge on any atom is -0.394 e. The number of rotatable bonds is 4. The molecule has 0 aliphatic rings. The van der Waals surface area contributed by atoms with Crippen LogP contribution in [0.25, 0.3) is 11.3 Å². The second-order valence-electron chi connectivity index (χ2n) is 5.81. The molecular weight excluding hydrogens is 286 g/mol. The zero-order chi connectivity index (χ0) is 15.8. The lowest BCUT2D eigenvalue weighted by atomic mass is 10.0. The fourth-order valence-corrected chi connectivity index (χ4v) is 2.59. The van der Waals surface area contributed by atoms with Gasteiger partial charge in [0.25, 0.3) is 5.91 Å². The molecule has 0 saturated carbocycles. The van der Waals surface area contributed by atoms with Gasteiger partial charge in [-0.05, 0) is 26.8 Å². The molecule has 2 heterocycles. The maximum Gasteiger partial charge on any atom is 0.270 e. The summed E-state index contributed by atoms with van der Waals surface area (Å²) in [5.41, 5.74) is 1.80. The predicted octanol–water partition coefficient (Wildman–Crippen LogP) is 2.30. The van der Waals surface area contributed by atoms with Crippen molar-refractivity contribution in [1.82, 2.24) is 14.5 Å². The quantitative estimate of drug-likeness (QED) is 0.943. The average molecular weight is 307 g/mol. The van der Waals surface area contributed by atoms with Crippen LogP contribution in [0.4, 0.5) is 0 Å². The Morgan fingerprint density at radius 3 is 2.71 bits per heavy atom. The Bertz CT molecular complexity index is 658. The lowest BCUT2D eigenvalue weighted by Gasteiger charge is -2.33. The van der Waals surface area contributed by atoms with Crippen LogP contribution >= 0.6 is 11.3 Å². The summed E-state index contributed by atoms with van der Waals surface area (Å²) in [6.45, 7) is 5.54. The molecule has 6 heteroatoms. The highest BCUT2D eigenvalue weighted by Crippen LogP contribution is 2.25. The minimum absolute atomic E-state index is 0.0855. The highest BCUT2D eigenvalue weighted by molar-refractivity contribution is 7.09. The van der Waals surface area contributed by atoms with Crippen molar-refractivity contribution in [3.05, 3.63) is 28.3 Å².